The number of H-pyrrole nitrogens is 1. The van der Waals surface area contributed by atoms with Crippen LogP contribution in [-0.2, 0) is 0 Å². The van der Waals surface area contributed by atoms with E-state index in [1.165, 1.54) is 25.1 Å². The molecule has 0 atom stereocenters. The first-order chi connectivity index (χ1) is 20.0. The lowest BCUT2D eigenvalue weighted by Crippen LogP contribution is -2.50. The highest BCUT2D eigenvalue weighted by Gasteiger charge is 2.36. The average molecular weight is 554 g/mol. The Hall–Kier alpha value is -4.31. The van der Waals surface area contributed by atoms with Crippen LogP contribution < -0.4 is 21.1 Å². The molecule has 4 aromatic rings. The first-order valence-corrected chi connectivity index (χ1v) is 14.4. The van der Waals surface area contributed by atoms with E-state index in [1.54, 1.807) is 24.3 Å². The van der Waals surface area contributed by atoms with Crippen LogP contribution >= 0.6 is 0 Å². The van der Waals surface area contributed by atoms with Crippen LogP contribution in [0.3, 0.4) is 0 Å². The van der Waals surface area contributed by atoms with Gasteiger partial charge in [-0.25, -0.2) is 14.4 Å². The highest BCUT2D eigenvalue weighted by atomic mass is 19.1. The Morgan fingerprint density at radius 2 is 1.85 bits per heavy atom. The number of piperidine rings is 2. The molecule has 3 N–H and O–H groups in total. The van der Waals surface area contributed by atoms with E-state index in [0.717, 1.165) is 51.3 Å². The molecule has 2 bridgehead atoms. The van der Waals surface area contributed by atoms with Crippen molar-refractivity contribution in [2.75, 3.05) is 42.9 Å². The maximum atomic E-state index is 15.6. The maximum Gasteiger partial charge on any atom is 0.259 e. The quantitative estimate of drug-likeness (QED) is 0.339. The second-order valence-electron chi connectivity index (χ2n) is 11.2. The predicted molar refractivity (Wildman–Crippen MR) is 157 cm³/mol. The zero-order chi connectivity index (χ0) is 27.9. The van der Waals surface area contributed by atoms with E-state index in [0.29, 0.717) is 39.6 Å². The van der Waals surface area contributed by atoms with Crippen LogP contribution in [0.5, 0.6) is 0 Å². The Kier molecular flexibility index (Phi) is 6.62. The van der Waals surface area contributed by atoms with Gasteiger partial charge in [-0.15, -0.1) is 0 Å². The molecule has 1 saturated carbocycles. The lowest BCUT2D eigenvalue weighted by atomic mass is 9.79. The number of hydrogen-bond donors (Lipinski definition) is 3. The molecule has 3 aromatic heterocycles. The summed E-state index contributed by atoms with van der Waals surface area (Å²) in [6.07, 6.45) is 7.73. The molecule has 1 amide bonds. The van der Waals surface area contributed by atoms with Crippen molar-refractivity contribution < 1.29 is 9.18 Å². The van der Waals surface area contributed by atoms with Gasteiger partial charge < -0.3 is 25.4 Å². The maximum absolute atomic E-state index is 15.6. The number of nitrogens with one attached hydrogen (secondary N) is 3. The van der Waals surface area contributed by atoms with Gasteiger partial charge in [0.1, 0.15) is 11.6 Å². The average Bonchev–Trinajstić information content (AvgIpc) is 3.02. The van der Waals surface area contributed by atoms with E-state index in [2.05, 4.69) is 30.5 Å². The van der Waals surface area contributed by atoms with Crippen LogP contribution in [0.25, 0.3) is 22.2 Å². The summed E-state index contributed by atoms with van der Waals surface area (Å²) in [6, 6.07) is 12.1. The summed E-state index contributed by atoms with van der Waals surface area (Å²) in [6.45, 7) is 4.44. The number of carbonyl (C=O) groups is 1. The molecule has 0 spiro atoms. The van der Waals surface area contributed by atoms with Gasteiger partial charge in [0.15, 0.2) is 0 Å². The Labute approximate surface area is 236 Å². The summed E-state index contributed by atoms with van der Waals surface area (Å²) < 4.78 is 15.6. The number of fused-ring (bicyclic) bond motifs is 4. The second kappa shape index (κ2) is 10.6. The van der Waals surface area contributed by atoms with E-state index in [1.807, 2.05) is 23.2 Å². The number of aromatic amines is 1. The molecule has 0 unspecified atom stereocenters. The molecule has 41 heavy (non-hydrogen) atoms. The van der Waals surface area contributed by atoms with Crippen molar-refractivity contribution in [1.82, 2.24) is 25.2 Å². The molecule has 3 saturated heterocycles. The van der Waals surface area contributed by atoms with E-state index in [9.17, 15) is 9.59 Å². The van der Waals surface area contributed by atoms with Crippen molar-refractivity contribution in [3.05, 3.63) is 76.6 Å². The molecular formula is C31H32FN7O2. The van der Waals surface area contributed by atoms with Gasteiger partial charge in [0.05, 0.1) is 34.2 Å². The summed E-state index contributed by atoms with van der Waals surface area (Å²) in [5.41, 5.74) is 2.59. The SMILES string of the molecule is O=C(c1ccc(-c2cc(Nc3ccc(N4CCNCC4)cn3)c3c(=O)[nH]ccc3n2)c(F)c1)N1CC2CCC1CC2. The third kappa shape index (κ3) is 4.93. The molecule has 0 radical (unpaired) electrons. The predicted octanol–water partition coefficient (Wildman–Crippen LogP) is 4.29. The smallest absolute Gasteiger partial charge is 0.259 e. The minimum Gasteiger partial charge on any atom is -0.368 e. The molecular weight excluding hydrogens is 521 g/mol. The topological polar surface area (TPSA) is 106 Å². The van der Waals surface area contributed by atoms with Crippen LogP contribution in [0.4, 0.5) is 21.6 Å². The van der Waals surface area contributed by atoms with Gasteiger partial charge in [0.25, 0.3) is 11.5 Å². The monoisotopic (exact) mass is 553 g/mol. The fourth-order valence-electron chi connectivity index (χ4n) is 6.47. The number of piperazine rings is 1. The summed E-state index contributed by atoms with van der Waals surface area (Å²) >= 11 is 0. The van der Waals surface area contributed by atoms with Crippen LogP contribution in [0, 0.1) is 11.7 Å². The van der Waals surface area contributed by atoms with Crippen LogP contribution in [-0.4, -0.2) is 64.5 Å². The third-order valence-electron chi connectivity index (χ3n) is 8.69. The summed E-state index contributed by atoms with van der Waals surface area (Å²) in [5, 5.41) is 6.95. The fourth-order valence-corrected chi connectivity index (χ4v) is 6.47. The first kappa shape index (κ1) is 25.6. The first-order valence-electron chi connectivity index (χ1n) is 14.4. The lowest BCUT2D eigenvalue weighted by Gasteiger charge is -2.45. The number of anilines is 3. The molecule has 8 rings (SSSR count). The third-order valence-corrected chi connectivity index (χ3v) is 8.69. The Bertz CT molecular complexity index is 1660. The molecule has 9 nitrogen and oxygen atoms in total. The number of rotatable bonds is 5. The van der Waals surface area contributed by atoms with Crippen molar-refractivity contribution in [3.8, 4) is 11.3 Å². The standard InChI is InChI=1S/C31H32FN7O2/c32-24-15-20(31(41)39-18-19-1-4-21(39)5-2-19)3-7-23(24)26-16-27(29-25(36-26)9-10-34-30(29)40)37-28-8-6-22(17-35-28)38-13-11-33-12-14-38/h3,6-10,15-17,19,21,33H,1-2,4-5,11-14,18H2,(H,34,40)(H,35,36,37). The lowest BCUT2D eigenvalue weighted by molar-refractivity contribution is 0.0333. The Balaban J connectivity index is 1.20. The zero-order valence-corrected chi connectivity index (χ0v) is 22.7. The van der Waals surface area contributed by atoms with Crippen LogP contribution in [0.2, 0.25) is 0 Å². The van der Waals surface area contributed by atoms with Gasteiger partial charge >= 0.3 is 0 Å². The van der Waals surface area contributed by atoms with E-state index in [-0.39, 0.29) is 23.1 Å². The highest BCUT2D eigenvalue weighted by molar-refractivity contribution is 5.96. The summed E-state index contributed by atoms with van der Waals surface area (Å²) in [5.74, 6) is 0.472. The summed E-state index contributed by atoms with van der Waals surface area (Å²) in [7, 11) is 0. The number of amides is 1. The number of hydrogen-bond acceptors (Lipinski definition) is 7. The Morgan fingerprint density at radius 1 is 1.02 bits per heavy atom. The van der Waals surface area contributed by atoms with E-state index < -0.39 is 5.82 Å². The van der Waals surface area contributed by atoms with Crippen molar-refractivity contribution >= 4 is 34.0 Å². The van der Waals surface area contributed by atoms with Crippen molar-refractivity contribution in [1.29, 1.82) is 0 Å². The largest absolute Gasteiger partial charge is 0.368 e. The van der Waals surface area contributed by atoms with Crippen LogP contribution in [0.15, 0.2) is 59.7 Å². The van der Waals surface area contributed by atoms with E-state index in [4.69, 9.17) is 0 Å². The van der Waals surface area contributed by atoms with Gasteiger partial charge in [0.2, 0.25) is 0 Å². The van der Waals surface area contributed by atoms with Gasteiger partial charge in [-0.2, -0.15) is 0 Å². The normalized spacial score (nSPS) is 20.4. The van der Waals surface area contributed by atoms with Crippen LogP contribution in [0.1, 0.15) is 36.0 Å². The molecule has 1 aliphatic carbocycles. The number of aromatic nitrogens is 3. The highest BCUT2D eigenvalue weighted by Crippen LogP contribution is 2.36. The number of nitrogens with zero attached hydrogens (tertiary/aromatic N) is 4. The molecule has 4 aliphatic rings. The number of carbonyl (C=O) groups excluding carboxylic acids is 1. The van der Waals surface area contributed by atoms with Gasteiger partial charge in [0, 0.05) is 56.1 Å². The van der Waals surface area contributed by atoms with E-state index >= 15 is 4.39 Å². The number of benzene rings is 1. The molecule has 1 aromatic carbocycles. The molecule has 4 fully saturated rings. The summed E-state index contributed by atoms with van der Waals surface area (Å²) in [4.78, 5) is 42.2. The fraction of sp³-hybridized carbons (Fsp3) is 0.355. The minimum atomic E-state index is -0.529. The van der Waals surface area contributed by atoms with Crippen molar-refractivity contribution in [2.45, 2.75) is 31.7 Å². The second-order valence-corrected chi connectivity index (χ2v) is 11.2. The minimum absolute atomic E-state index is 0.111. The van der Waals surface area contributed by atoms with Gasteiger partial charge in [-0.05, 0) is 74.1 Å². The van der Waals surface area contributed by atoms with Gasteiger partial charge in [-0.1, -0.05) is 0 Å². The van der Waals surface area contributed by atoms with Crippen molar-refractivity contribution in [3.63, 3.8) is 0 Å². The van der Waals surface area contributed by atoms with Crippen molar-refractivity contribution in [2.24, 2.45) is 5.92 Å². The zero-order valence-electron chi connectivity index (χ0n) is 22.7. The molecule has 6 heterocycles. The molecule has 10 heteroatoms. The Morgan fingerprint density at radius 3 is 2.56 bits per heavy atom. The van der Waals surface area contributed by atoms with Gasteiger partial charge in [-0.3, -0.25) is 9.59 Å². The molecule has 3 aliphatic heterocycles. The number of halogens is 1. The molecule has 210 valence electrons. The number of pyridine rings is 3.